The summed E-state index contributed by atoms with van der Waals surface area (Å²) in [5.74, 6) is 0.417. The van der Waals surface area contributed by atoms with E-state index >= 15 is 0 Å². The molecule has 1 atom stereocenters. The second kappa shape index (κ2) is 10.5. The van der Waals surface area contributed by atoms with Gasteiger partial charge in [0.2, 0.25) is 0 Å². The highest BCUT2D eigenvalue weighted by molar-refractivity contribution is 7.92. The third kappa shape index (κ3) is 6.34. The van der Waals surface area contributed by atoms with Crippen LogP contribution in [0.1, 0.15) is 27.5 Å². The first-order chi connectivity index (χ1) is 15.7. The Kier molecular flexibility index (Phi) is 7.73. The molecule has 7 nitrogen and oxygen atoms in total. The van der Waals surface area contributed by atoms with Gasteiger partial charge in [-0.1, -0.05) is 35.9 Å². The summed E-state index contributed by atoms with van der Waals surface area (Å²) < 4.78 is 33.3. The first-order valence-electron chi connectivity index (χ1n) is 10.5. The van der Waals surface area contributed by atoms with Gasteiger partial charge in [-0.2, -0.15) is 0 Å². The highest BCUT2D eigenvalue weighted by atomic mass is 32.2. The van der Waals surface area contributed by atoms with Crippen molar-refractivity contribution in [3.8, 4) is 5.75 Å². The average molecular weight is 468 g/mol. The van der Waals surface area contributed by atoms with Crippen LogP contribution in [0.3, 0.4) is 0 Å². The molecule has 0 aliphatic heterocycles. The minimum absolute atomic E-state index is 0.0232. The van der Waals surface area contributed by atoms with Crippen molar-refractivity contribution in [1.29, 1.82) is 0 Å². The van der Waals surface area contributed by atoms with E-state index in [4.69, 9.17) is 4.74 Å². The minimum Gasteiger partial charge on any atom is -0.497 e. The Morgan fingerprint density at radius 3 is 2.27 bits per heavy atom. The van der Waals surface area contributed by atoms with Crippen LogP contribution in [0.2, 0.25) is 0 Å². The molecular formula is C25H29N3O4S. The van der Waals surface area contributed by atoms with Gasteiger partial charge < -0.3 is 15.0 Å². The number of hydrogen-bond donors (Lipinski definition) is 2. The van der Waals surface area contributed by atoms with Crippen molar-refractivity contribution in [3.05, 3.63) is 89.5 Å². The molecule has 3 aromatic rings. The summed E-state index contributed by atoms with van der Waals surface area (Å²) in [6, 6.07) is 20.7. The lowest BCUT2D eigenvalue weighted by Crippen LogP contribution is -2.34. The van der Waals surface area contributed by atoms with Crippen LogP contribution < -0.4 is 14.8 Å². The lowest BCUT2D eigenvalue weighted by molar-refractivity contribution is 0.0941. The van der Waals surface area contributed by atoms with Gasteiger partial charge in [-0.15, -0.1) is 0 Å². The number of carbonyl (C=O) groups is 1. The molecule has 174 valence electrons. The topological polar surface area (TPSA) is 87.7 Å². The summed E-state index contributed by atoms with van der Waals surface area (Å²) in [5, 5.41) is 2.91. The van der Waals surface area contributed by atoms with Gasteiger partial charge >= 0.3 is 0 Å². The van der Waals surface area contributed by atoms with Gasteiger partial charge in [0.25, 0.3) is 15.9 Å². The number of ether oxygens (including phenoxy) is 1. The van der Waals surface area contributed by atoms with E-state index in [1.807, 2.05) is 62.3 Å². The second-order valence-corrected chi connectivity index (χ2v) is 9.64. The van der Waals surface area contributed by atoms with E-state index < -0.39 is 10.0 Å². The zero-order chi connectivity index (χ0) is 24.0. The summed E-state index contributed by atoms with van der Waals surface area (Å²) in [6.07, 6.45) is 0. The third-order valence-electron chi connectivity index (χ3n) is 5.29. The van der Waals surface area contributed by atoms with E-state index in [0.717, 1.165) is 16.9 Å². The molecule has 1 amide bonds. The van der Waals surface area contributed by atoms with Crippen LogP contribution in [0.15, 0.2) is 77.7 Å². The summed E-state index contributed by atoms with van der Waals surface area (Å²) in [7, 11) is 1.66. The number of hydrogen-bond acceptors (Lipinski definition) is 5. The molecule has 3 rings (SSSR count). The number of amides is 1. The zero-order valence-electron chi connectivity index (χ0n) is 19.2. The summed E-state index contributed by atoms with van der Waals surface area (Å²) in [4.78, 5) is 14.8. The summed E-state index contributed by atoms with van der Waals surface area (Å²) in [5.41, 5.74) is 2.79. The molecule has 8 heteroatoms. The van der Waals surface area contributed by atoms with E-state index in [9.17, 15) is 13.2 Å². The van der Waals surface area contributed by atoms with E-state index in [0.29, 0.717) is 12.2 Å². The molecule has 0 saturated carbocycles. The Morgan fingerprint density at radius 2 is 1.67 bits per heavy atom. The fraction of sp³-hybridized carbons (Fsp3) is 0.240. The Balaban J connectivity index is 1.72. The second-order valence-electron chi connectivity index (χ2n) is 7.96. The molecule has 0 bridgehead atoms. The van der Waals surface area contributed by atoms with Gasteiger partial charge in [0, 0.05) is 17.8 Å². The van der Waals surface area contributed by atoms with Crippen LogP contribution in [0.25, 0.3) is 0 Å². The fourth-order valence-electron chi connectivity index (χ4n) is 3.36. The molecular weight excluding hydrogens is 438 g/mol. The van der Waals surface area contributed by atoms with Crippen LogP contribution in [0.5, 0.6) is 5.75 Å². The molecule has 0 saturated heterocycles. The third-order valence-corrected chi connectivity index (χ3v) is 6.67. The minimum atomic E-state index is -3.83. The van der Waals surface area contributed by atoms with Crippen molar-refractivity contribution in [3.63, 3.8) is 0 Å². The molecule has 0 aromatic heterocycles. The van der Waals surface area contributed by atoms with Crippen LogP contribution >= 0.6 is 0 Å². The number of nitrogens with one attached hydrogen (secondary N) is 2. The standard InChI is InChI=1S/C25H29N3O4S/c1-18-8-12-21(13-9-18)27-33(30,31)23-7-5-6-20(16-23)25(29)26-17-24(28(2)3)19-10-14-22(32-4)15-11-19/h5-16,24,27H,17H2,1-4H3,(H,26,29)/t24-/m1/s1. The Morgan fingerprint density at radius 1 is 1.00 bits per heavy atom. The van der Waals surface area contributed by atoms with Crippen LogP contribution in [-0.4, -0.2) is 47.0 Å². The van der Waals surface area contributed by atoms with Crippen molar-refractivity contribution in [1.82, 2.24) is 10.2 Å². The monoisotopic (exact) mass is 467 g/mol. The van der Waals surface area contributed by atoms with Crippen molar-refractivity contribution in [2.75, 3.05) is 32.5 Å². The number of benzene rings is 3. The molecule has 0 unspecified atom stereocenters. The number of likely N-dealkylation sites (N-methyl/N-ethyl adjacent to an activating group) is 1. The van der Waals surface area contributed by atoms with E-state index in [1.54, 1.807) is 31.4 Å². The number of carbonyl (C=O) groups excluding carboxylic acids is 1. The van der Waals surface area contributed by atoms with Crippen molar-refractivity contribution >= 4 is 21.6 Å². The average Bonchev–Trinajstić information content (AvgIpc) is 2.80. The Labute approximate surface area is 195 Å². The zero-order valence-corrected chi connectivity index (χ0v) is 20.0. The predicted octanol–water partition coefficient (Wildman–Crippen LogP) is 3.84. The molecule has 0 fully saturated rings. The number of rotatable bonds is 9. The number of methoxy groups -OCH3 is 1. The van der Waals surface area contributed by atoms with Gasteiger partial charge in [0.05, 0.1) is 18.0 Å². The van der Waals surface area contributed by atoms with Crippen molar-refractivity contribution in [2.45, 2.75) is 17.9 Å². The normalized spacial score (nSPS) is 12.3. The Hall–Kier alpha value is -3.36. The number of nitrogens with zero attached hydrogens (tertiary/aromatic N) is 1. The number of aryl methyl sites for hydroxylation is 1. The molecule has 3 aromatic carbocycles. The van der Waals surface area contributed by atoms with Gasteiger partial charge in [-0.25, -0.2) is 8.42 Å². The molecule has 2 N–H and O–H groups in total. The summed E-state index contributed by atoms with van der Waals surface area (Å²) >= 11 is 0. The van der Waals surface area contributed by atoms with Crippen LogP contribution in [0, 0.1) is 6.92 Å². The van der Waals surface area contributed by atoms with E-state index in [1.165, 1.54) is 12.1 Å². The maximum Gasteiger partial charge on any atom is 0.261 e. The summed E-state index contributed by atoms with van der Waals surface area (Å²) in [6.45, 7) is 2.28. The molecule has 0 spiro atoms. The first-order valence-corrected chi connectivity index (χ1v) is 12.0. The lowest BCUT2D eigenvalue weighted by atomic mass is 10.1. The largest absolute Gasteiger partial charge is 0.497 e. The molecule has 0 aliphatic rings. The van der Waals surface area contributed by atoms with Crippen molar-refractivity contribution < 1.29 is 17.9 Å². The first kappa shape index (κ1) is 24.3. The molecule has 33 heavy (non-hydrogen) atoms. The fourth-order valence-corrected chi connectivity index (χ4v) is 4.46. The molecule has 0 heterocycles. The SMILES string of the molecule is COc1ccc([C@@H](CNC(=O)c2cccc(S(=O)(=O)Nc3ccc(C)cc3)c2)N(C)C)cc1. The molecule has 0 radical (unpaired) electrons. The van der Waals surface area contributed by atoms with Crippen LogP contribution in [0.4, 0.5) is 5.69 Å². The van der Waals surface area contributed by atoms with E-state index in [-0.39, 0.29) is 22.4 Å². The molecule has 0 aliphatic carbocycles. The number of sulfonamides is 1. The van der Waals surface area contributed by atoms with E-state index in [2.05, 4.69) is 10.0 Å². The van der Waals surface area contributed by atoms with Crippen molar-refractivity contribution in [2.24, 2.45) is 0 Å². The lowest BCUT2D eigenvalue weighted by Gasteiger charge is -2.25. The van der Waals surface area contributed by atoms with Gasteiger partial charge in [0.1, 0.15) is 5.75 Å². The van der Waals surface area contributed by atoms with Gasteiger partial charge in [-0.05, 0) is 69.0 Å². The van der Waals surface area contributed by atoms with Gasteiger partial charge in [-0.3, -0.25) is 9.52 Å². The van der Waals surface area contributed by atoms with Gasteiger partial charge in [0.15, 0.2) is 0 Å². The maximum absolute atomic E-state index is 12.8. The smallest absolute Gasteiger partial charge is 0.261 e. The van der Waals surface area contributed by atoms with Crippen LogP contribution in [-0.2, 0) is 10.0 Å². The highest BCUT2D eigenvalue weighted by Gasteiger charge is 2.19. The quantitative estimate of drug-likeness (QED) is 0.499. The maximum atomic E-state index is 12.8. The Bertz CT molecular complexity index is 1190. The highest BCUT2D eigenvalue weighted by Crippen LogP contribution is 2.21. The predicted molar refractivity (Wildman–Crippen MR) is 130 cm³/mol. The number of anilines is 1.